The largest absolute Gasteiger partial charge is 0.493 e. The summed E-state index contributed by atoms with van der Waals surface area (Å²) >= 11 is 0. The summed E-state index contributed by atoms with van der Waals surface area (Å²) in [4.78, 5) is 16.0. The van der Waals surface area contributed by atoms with Gasteiger partial charge >= 0.3 is 6.18 Å². The Balaban J connectivity index is 1.53. The number of carbonyl (C=O) groups is 1. The van der Waals surface area contributed by atoms with Crippen LogP contribution in [0.5, 0.6) is 11.5 Å². The van der Waals surface area contributed by atoms with E-state index in [4.69, 9.17) is 13.9 Å². The molecule has 4 heterocycles. The molecule has 1 aromatic heterocycles. The number of nitrogens with zero attached hydrogens (tertiary/aromatic N) is 1. The lowest BCUT2D eigenvalue weighted by molar-refractivity contribution is -0.153. The summed E-state index contributed by atoms with van der Waals surface area (Å²) in [5, 5.41) is 0. The van der Waals surface area contributed by atoms with Crippen LogP contribution in [0.1, 0.15) is 68.7 Å². The van der Waals surface area contributed by atoms with E-state index in [0.29, 0.717) is 24.5 Å². The van der Waals surface area contributed by atoms with Crippen molar-refractivity contribution in [1.82, 2.24) is 0 Å². The number of rotatable bonds is 2. The number of halogens is 3. The van der Waals surface area contributed by atoms with Crippen LogP contribution in [0.2, 0.25) is 0 Å². The highest BCUT2D eigenvalue weighted by atomic mass is 19.4. The highest BCUT2D eigenvalue weighted by Gasteiger charge is 2.58. The summed E-state index contributed by atoms with van der Waals surface area (Å²) in [6.45, 7) is 8.71. The van der Waals surface area contributed by atoms with Crippen molar-refractivity contribution in [2.45, 2.75) is 69.7 Å². The van der Waals surface area contributed by atoms with Crippen molar-refractivity contribution in [3.8, 4) is 11.5 Å². The minimum Gasteiger partial charge on any atom is -0.493 e. The maximum atomic E-state index is 14.5. The van der Waals surface area contributed by atoms with Gasteiger partial charge in [0.15, 0.2) is 0 Å². The number of amides is 1. The number of fused-ring (bicyclic) bond motifs is 5. The molecular formula is C29H28F3NO4. The molecule has 1 amide bonds. The predicted octanol–water partition coefficient (Wildman–Crippen LogP) is 6.75. The van der Waals surface area contributed by atoms with Crippen molar-refractivity contribution in [2.24, 2.45) is 0 Å². The Bertz CT molecular complexity index is 1420. The van der Waals surface area contributed by atoms with Gasteiger partial charge in [-0.2, -0.15) is 13.2 Å². The number of benzene rings is 2. The molecule has 0 radical (unpaired) electrons. The number of carbonyl (C=O) groups excluding carboxylic acids is 1. The summed E-state index contributed by atoms with van der Waals surface area (Å²) in [5.74, 6) is 0.136. The number of ether oxygens (including phenoxy) is 2. The second-order valence-electron chi connectivity index (χ2n) is 11.4. The lowest BCUT2D eigenvalue weighted by Gasteiger charge is -2.45. The predicted molar refractivity (Wildman–Crippen MR) is 131 cm³/mol. The SMILES string of the molecule is CC1(C)CC2(C(=O)N(Cc3ccc(C(F)(F)F)o3)c3ccccc32)c2cc3c(cc2O1)OCCC3(C)C. The Hall–Kier alpha value is -3.42. The number of para-hydroxylation sites is 1. The molecule has 0 aliphatic carbocycles. The summed E-state index contributed by atoms with van der Waals surface area (Å²) in [6.07, 6.45) is -3.37. The van der Waals surface area contributed by atoms with E-state index in [1.165, 1.54) is 6.07 Å². The van der Waals surface area contributed by atoms with Crippen LogP contribution < -0.4 is 14.4 Å². The third kappa shape index (κ3) is 3.55. The molecular weight excluding hydrogens is 483 g/mol. The molecule has 0 bridgehead atoms. The van der Waals surface area contributed by atoms with E-state index >= 15 is 0 Å². The average molecular weight is 512 g/mol. The first-order chi connectivity index (χ1) is 17.3. The fraction of sp³-hybridized carbons (Fsp3) is 0.414. The van der Waals surface area contributed by atoms with Crippen molar-refractivity contribution in [3.05, 3.63) is 76.7 Å². The van der Waals surface area contributed by atoms with Gasteiger partial charge in [0.25, 0.3) is 0 Å². The Labute approximate surface area is 213 Å². The van der Waals surface area contributed by atoms with E-state index in [2.05, 4.69) is 13.8 Å². The number of alkyl halides is 3. The monoisotopic (exact) mass is 511 g/mol. The zero-order valence-electron chi connectivity index (χ0n) is 21.2. The highest BCUT2D eigenvalue weighted by Crippen LogP contribution is 2.58. The number of hydrogen-bond acceptors (Lipinski definition) is 4. The van der Waals surface area contributed by atoms with Crippen LogP contribution in [-0.2, 0) is 28.3 Å². The minimum absolute atomic E-state index is 0.0686. The summed E-state index contributed by atoms with van der Waals surface area (Å²) in [7, 11) is 0. The molecule has 5 nitrogen and oxygen atoms in total. The molecule has 0 fully saturated rings. The summed E-state index contributed by atoms with van der Waals surface area (Å²) < 4.78 is 57.0. The lowest BCUT2D eigenvalue weighted by atomic mass is 9.65. The van der Waals surface area contributed by atoms with Crippen LogP contribution in [0.25, 0.3) is 0 Å². The van der Waals surface area contributed by atoms with E-state index < -0.39 is 23.0 Å². The van der Waals surface area contributed by atoms with Crippen LogP contribution in [0.3, 0.4) is 0 Å². The first-order valence-corrected chi connectivity index (χ1v) is 12.4. The van der Waals surface area contributed by atoms with Crippen molar-refractivity contribution in [1.29, 1.82) is 0 Å². The van der Waals surface area contributed by atoms with Crippen LogP contribution in [0.15, 0.2) is 52.9 Å². The van der Waals surface area contributed by atoms with Gasteiger partial charge in [-0.05, 0) is 55.5 Å². The summed E-state index contributed by atoms with van der Waals surface area (Å²) in [6, 6.07) is 13.6. The molecule has 1 atom stereocenters. The third-order valence-electron chi connectivity index (χ3n) is 7.85. The fourth-order valence-electron chi connectivity index (χ4n) is 6.13. The van der Waals surface area contributed by atoms with Gasteiger partial charge in [-0.25, -0.2) is 0 Å². The minimum atomic E-state index is -4.59. The van der Waals surface area contributed by atoms with Gasteiger partial charge in [-0.1, -0.05) is 32.0 Å². The zero-order chi connectivity index (χ0) is 26.4. The first-order valence-electron chi connectivity index (χ1n) is 12.4. The molecule has 8 heteroatoms. The van der Waals surface area contributed by atoms with E-state index in [-0.39, 0.29) is 23.6 Å². The number of hydrogen-bond donors (Lipinski definition) is 0. The zero-order valence-corrected chi connectivity index (χ0v) is 21.2. The van der Waals surface area contributed by atoms with Gasteiger partial charge in [0.2, 0.25) is 11.7 Å². The van der Waals surface area contributed by atoms with Crippen molar-refractivity contribution in [2.75, 3.05) is 11.5 Å². The molecule has 1 unspecified atom stereocenters. The van der Waals surface area contributed by atoms with Gasteiger partial charge in [-0.3, -0.25) is 4.79 Å². The van der Waals surface area contributed by atoms with Crippen LogP contribution in [0.4, 0.5) is 18.9 Å². The maximum Gasteiger partial charge on any atom is 0.449 e. The first kappa shape index (κ1) is 23.9. The Morgan fingerprint density at radius 3 is 2.43 bits per heavy atom. The molecule has 3 aromatic rings. The highest BCUT2D eigenvalue weighted by molar-refractivity contribution is 6.11. The van der Waals surface area contributed by atoms with Crippen molar-refractivity contribution in [3.63, 3.8) is 0 Å². The molecule has 3 aliphatic rings. The second kappa shape index (κ2) is 7.55. The Morgan fingerprint density at radius 1 is 0.946 bits per heavy atom. The Kier molecular flexibility index (Phi) is 4.89. The molecule has 0 saturated carbocycles. The maximum absolute atomic E-state index is 14.5. The Morgan fingerprint density at radius 2 is 1.70 bits per heavy atom. The standard InChI is InChI=1S/C29H28F3NO4/c1-26(2)11-12-35-22-14-23-20(13-19(22)26)28(16-27(3,4)37-23)18-7-5-6-8-21(18)33(25(28)34)15-17-9-10-24(36-17)29(30,31)32/h5-10,13-14H,11-12,15-16H2,1-4H3. The number of furan rings is 1. The molecule has 6 rings (SSSR count). The lowest BCUT2D eigenvalue weighted by Crippen LogP contribution is -2.50. The van der Waals surface area contributed by atoms with E-state index in [1.807, 2.05) is 50.2 Å². The quantitative estimate of drug-likeness (QED) is 0.382. The molecule has 2 aromatic carbocycles. The van der Waals surface area contributed by atoms with Gasteiger partial charge in [0.1, 0.15) is 28.3 Å². The van der Waals surface area contributed by atoms with Crippen molar-refractivity contribution >= 4 is 11.6 Å². The van der Waals surface area contributed by atoms with Crippen LogP contribution in [0, 0.1) is 0 Å². The fourth-order valence-corrected chi connectivity index (χ4v) is 6.13. The van der Waals surface area contributed by atoms with Gasteiger partial charge < -0.3 is 18.8 Å². The van der Waals surface area contributed by atoms with Gasteiger partial charge in [0, 0.05) is 29.3 Å². The van der Waals surface area contributed by atoms with Crippen LogP contribution in [-0.4, -0.2) is 18.1 Å². The van der Waals surface area contributed by atoms with E-state index in [9.17, 15) is 18.0 Å². The average Bonchev–Trinajstić information content (AvgIpc) is 3.36. The van der Waals surface area contributed by atoms with Crippen LogP contribution >= 0.6 is 0 Å². The normalized spacial score (nSPS) is 23.2. The molecule has 37 heavy (non-hydrogen) atoms. The molecule has 0 saturated heterocycles. The molecule has 194 valence electrons. The van der Waals surface area contributed by atoms with E-state index in [0.717, 1.165) is 34.9 Å². The number of anilines is 1. The van der Waals surface area contributed by atoms with Gasteiger partial charge in [0.05, 0.1) is 13.2 Å². The van der Waals surface area contributed by atoms with Gasteiger partial charge in [-0.15, -0.1) is 0 Å². The van der Waals surface area contributed by atoms with E-state index in [1.54, 1.807) is 4.90 Å². The second-order valence-corrected chi connectivity index (χ2v) is 11.4. The van der Waals surface area contributed by atoms with Crippen molar-refractivity contribution < 1.29 is 31.9 Å². The summed E-state index contributed by atoms with van der Waals surface area (Å²) in [5.41, 5.74) is 1.36. The smallest absolute Gasteiger partial charge is 0.449 e. The third-order valence-corrected chi connectivity index (χ3v) is 7.85. The molecule has 0 N–H and O–H groups in total. The molecule has 3 aliphatic heterocycles. The topological polar surface area (TPSA) is 51.9 Å². The molecule has 1 spiro atoms.